The predicted molar refractivity (Wildman–Crippen MR) is 59.8 cm³/mol. The largest absolute Gasteiger partial charge is 0.506 e. The summed E-state index contributed by atoms with van der Waals surface area (Å²) >= 11 is 5.84. The Hall–Kier alpha value is -0.730. The lowest BCUT2D eigenvalue weighted by Crippen LogP contribution is -2.21. The summed E-state index contributed by atoms with van der Waals surface area (Å²) < 4.78 is 0. The maximum absolute atomic E-state index is 9.79. The number of para-hydroxylation sites is 1. The van der Waals surface area contributed by atoms with E-state index in [1.807, 2.05) is 26.0 Å². The Morgan fingerprint density at radius 3 is 2.64 bits per heavy atom. The number of rotatable bonds is 3. The van der Waals surface area contributed by atoms with Gasteiger partial charge in [0.15, 0.2) is 0 Å². The first-order chi connectivity index (χ1) is 6.49. The fourth-order valence-electron chi connectivity index (χ4n) is 1.56. The van der Waals surface area contributed by atoms with Crippen molar-refractivity contribution >= 4 is 11.6 Å². The van der Waals surface area contributed by atoms with Gasteiger partial charge in [-0.05, 0) is 24.4 Å². The van der Waals surface area contributed by atoms with Crippen molar-refractivity contribution in [2.24, 2.45) is 5.73 Å². The van der Waals surface area contributed by atoms with Gasteiger partial charge in [-0.1, -0.05) is 37.6 Å². The second-order valence-electron chi connectivity index (χ2n) is 4.06. The van der Waals surface area contributed by atoms with Gasteiger partial charge in [0.1, 0.15) is 5.75 Å². The summed E-state index contributed by atoms with van der Waals surface area (Å²) in [5.74, 6) is 0.174. The molecule has 0 heterocycles. The molecule has 3 N–H and O–H groups in total. The van der Waals surface area contributed by atoms with E-state index < -0.39 is 0 Å². The molecule has 0 aliphatic carbocycles. The van der Waals surface area contributed by atoms with Crippen molar-refractivity contribution in [3.05, 3.63) is 28.8 Å². The van der Waals surface area contributed by atoms with Crippen molar-refractivity contribution < 1.29 is 5.11 Å². The van der Waals surface area contributed by atoms with Gasteiger partial charge in [-0.2, -0.15) is 0 Å². The predicted octanol–water partition coefficient (Wildman–Crippen LogP) is 2.67. The van der Waals surface area contributed by atoms with Gasteiger partial charge in [0.2, 0.25) is 0 Å². The highest BCUT2D eigenvalue weighted by Crippen LogP contribution is 2.37. The van der Waals surface area contributed by atoms with Crippen LogP contribution in [0.4, 0.5) is 0 Å². The van der Waals surface area contributed by atoms with E-state index in [2.05, 4.69) is 0 Å². The maximum Gasteiger partial charge on any atom is 0.137 e. The van der Waals surface area contributed by atoms with Gasteiger partial charge in [-0.15, -0.1) is 0 Å². The van der Waals surface area contributed by atoms with E-state index in [9.17, 15) is 5.11 Å². The Balaban J connectivity index is 3.12. The molecule has 0 fully saturated rings. The highest BCUT2D eigenvalue weighted by atomic mass is 35.5. The van der Waals surface area contributed by atoms with Gasteiger partial charge in [0.05, 0.1) is 5.02 Å². The summed E-state index contributed by atoms with van der Waals surface area (Å²) in [6, 6.07) is 5.41. The molecule has 0 aliphatic heterocycles. The molecule has 0 saturated heterocycles. The van der Waals surface area contributed by atoms with Gasteiger partial charge < -0.3 is 10.8 Å². The molecule has 78 valence electrons. The summed E-state index contributed by atoms with van der Waals surface area (Å²) in [4.78, 5) is 0. The minimum absolute atomic E-state index is 0.135. The van der Waals surface area contributed by atoms with Crippen LogP contribution in [0.2, 0.25) is 5.02 Å². The highest BCUT2D eigenvalue weighted by Gasteiger charge is 2.23. The van der Waals surface area contributed by atoms with Crippen molar-refractivity contribution in [2.45, 2.75) is 25.7 Å². The lowest BCUT2D eigenvalue weighted by molar-refractivity contribution is 0.423. The van der Waals surface area contributed by atoms with E-state index in [0.717, 1.165) is 12.0 Å². The van der Waals surface area contributed by atoms with Crippen LogP contribution in [-0.4, -0.2) is 11.7 Å². The number of aromatic hydroxyl groups is 1. The zero-order valence-corrected chi connectivity index (χ0v) is 9.30. The van der Waals surface area contributed by atoms with Crippen LogP contribution in [0.25, 0.3) is 0 Å². The standard InChI is InChI=1S/C11H16ClNO/c1-11(2,6-7-13)8-4-3-5-9(12)10(8)14/h3-5,14H,6-7,13H2,1-2H3. The number of hydrogen-bond acceptors (Lipinski definition) is 2. The molecule has 1 rings (SSSR count). The second-order valence-corrected chi connectivity index (χ2v) is 4.47. The molecule has 14 heavy (non-hydrogen) atoms. The Morgan fingerprint density at radius 2 is 2.07 bits per heavy atom. The Kier molecular flexibility index (Phi) is 3.40. The van der Waals surface area contributed by atoms with Crippen molar-refractivity contribution in [1.82, 2.24) is 0 Å². The van der Waals surface area contributed by atoms with E-state index in [4.69, 9.17) is 17.3 Å². The number of nitrogens with two attached hydrogens (primary N) is 1. The van der Waals surface area contributed by atoms with E-state index >= 15 is 0 Å². The van der Waals surface area contributed by atoms with Gasteiger partial charge in [0.25, 0.3) is 0 Å². The van der Waals surface area contributed by atoms with Gasteiger partial charge >= 0.3 is 0 Å². The fraction of sp³-hybridized carbons (Fsp3) is 0.455. The van der Waals surface area contributed by atoms with E-state index in [1.165, 1.54) is 0 Å². The molecule has 1 aromatic carbocycles. The van der Waals surface area contributed by atoms with Gasteiger partial charge in [-0.25, -0.2) is 0 Å². The molecule has 0 radical (unpaired) electrons. The molecular formula is C11H16ClNO. The van der Waals surface area contributed by atoms with Gasteiger partial charge in [-0.3, -0.25) is 0 Å². The first-order valence-corrected chi connectivity index (χ1v) is 5.05. The highest BCUT2D eigenvalue weighted by molar-refractivity contribution is 6.32. The number of hydrogen-bond donors (Lipinski definition) is 2. The smallest absolute Gasteiger partial charge is 0.137 e. The first kappa shape index (κ1) is 11.3. The van der Waals surface area contributed by atoms with Crippen molar-refractivity contribution in [3.63, 3.8) is 0 Å². The van der Waals surface area contributed by atoms with Crippen molar-refractivity contribution in [1.29, 1.82) is 0 Å². The summed E-state index contributed by atoms with van der Waals surface area (Å²) in [6.45, 7) is 4.69. The summed E-state index contributed by atoms with van der Waals surface area (Å²) in [7, 11) is 0. The van der Waals surface area contributed by atoms with Crippen LogP contribution in [0, 0.1) is 0 Å². The average molecular weight is 214 g/mol. The molecule has 2 nitrogen and oxygen atoms in total. The molecule has 0 atom stereocenters. The zero-order chi connectivity index (χ0) is 10.8. The zero-order valence-electron chi connectivity index (χ0n) is 8.55. The van der Waals surface area contributed by atoms with E-state index in [-0.39, 0.29) is 11.2 Å². The minimum Gasteiger partial charge on any atom is -0.506 e. The Morgan fingerprint density at radius 1 is 1.43 bits per heavy atom. The first-order valence-electron chi connectivity index (χ1n) is 4.67. The van der Waals surface area contributed by atoms with Gasteiger partial charge in [0, 0.05) is 5.56 Å². The average Bonchev–Trinajstić information content (AvgIpc) is 2.09. The number of phenolic OH excluding ortho intramolecular Hbond substituents is 1. The van der Waals surface area contributed by atoms with Crippen LogP contribution in [0.5, 0.6) is 5.75 Å². The van der Waals surface area contributed by atoms with E-state index in [0.29, 0.717) is 11.6 Å². The normalized spacial score (nSPS) is 11.7. The molecule has 0 unspecified atom stereocenters. The Bertz CT molecular complexity index is 323. The number of halogens is 1. The van der Waals surface area contributed by atoms with E-state index in [1.54, 1.807) is 6.07 Å². The van der Waals surface area contributed by atoms with Crippen LogP contribution in [0.1, 0.15) is 25.8 Å². The van der Waals surface area contributed by atoms with Crippen LogP contribution < -0.4 is 5.73 Å². The van der Waals surface area contributed by atoms with Crippen molar-refractivity contribution in [2.75, 3.05) is 6.54 Å². The number of phenols is 1. The third kappa shape index (κ3) is 2.20. The third-order valence-corrected chi connectivity index (χ3v) is 2.79. The molecule has 0 spiro atoms. The quantitative estimate of drug-likeness (QED) is 0.811. The molecular weight excluding hydrogens is 198 g/mol. The lowest BCUT2D eigenvalue weighted by atomic mass is 9.81. The lowest BCUT2D eigenvalue weighted by Gasteiger charge is -2.25. The maximum atomic E-state index is 9.79. The minimum atomic E-state index is -0.135. The summed E-state index contributed by atoms with van der Waals surface area (Å²) in [5, 5.41) is 10.2. The topological polar surface area (TPSA) is 46.2 Å². The second kappa shape index (κ2) is 4.20. The fourth-order valence-corrected chi connectivity index (χ4v) is 1.73. The van der Waals surface area contributed by atoms with Crippen LogP contribution in [0.15, 0.2) is 18.2 Å². The molecule has 0 saturated carbocycles. The van der Waals surface area contributed by atoms with Crippen LogP contribution in [0.3, 0.4) is 0 Å². The molecule has 0 bridgehead atoms. The SMILES string of the molecule is CC(C)(CCN)c1cccc(Cl)c1O. The third-order valence-electron chi connectivity index (χ3n) is 2.49. The molecule has 1 aromatic rings. The monoisotopic (exact) mass is 213 g/mol. The molecule has 0 aliphatic rings. The number of benzene rings is 1. The summed E-state index contributed by atoms with van der Waals surface area (Å²) in [5.41, 5.74) is 6.25. The molecule has 0 amide bonds. The molecule has 0 aromatic heterocycles. The van der Waals surface area contributed by atoms with Crippen LogP contribution >= 0.6 is 11.6 Å². The summed E-state index contributed by atoms with van der Waals surface area (Å²) in [6.07, 6.45) is 0.820. The molecule has 3 heteroatoms. The van der Waals surface area contributed by atoms with Crippen molar-refractivity contribution in [3.8, 4) is 5.75 Å². The Labute approximate surface area is 89.7 Å². The van der Waals surface area contributed by atoms with Crippen LogP contribution in [-0.2, 0) is 5.41 Å².